The van der Waals surface area contributed by atoms with Crippen molar-refractivity contribution < 1.29 is 22.7 Å². The second kappa shape index (κ2) is 10.9. The Bertz CT molecular complexity index is 1500. The fourth-order valence-corrected chi connectivity index (χ4v) is 6.51. The third-order valence-corrected chi connectivity index (χ3v) is 8.70. The minimum absolute atomic E-state index is 0.00305. The van der Waals surface area contributed by atoms with Crippen molar-refractivity contribution in [2.24, 2.45) is 5.73 Å². The first kappa shape index (κ1) is 26.5. The molecule has 10 heteroatoms. The van der Waals surface area contributed by atoms with Gasteiger partial charge in [-0.3, -0.25) is 9.78 Å². The van der Waals surface area contributed by atoms with Gasteiger partial charge in [0, 0.05) is 36.0 Å². The molecular formula is C28H25ClF3N3O2S. The summed E-state index contributed by atoms with van der Waals surface area (Å²) in [5, 5.41) is -0.206. The summed E-state index contributed by atoms with van der Waals surface area (Å²) in [6.07, 6.45) is 5.44. The predicted molar refractivity (Wildman–Crippen MR) is 143 cm³/mol. The molecule has 2 heterocycles. The Balaban J connectivity index is 1.58. The summed E-state index contributed by atoms with van der Waals surface area (Å²) in [4.78, 5) is 19.6. The van der Waals surface area contributed by atoms with Crippen molar-refractivity contribution in [1.29, 1.82) is 0 Å². The van der Waals surface area contributed by atoms with E-state index in [-0.39, 0.29) is 38.6 Å². The van der Waals surface area contributed by atoms with Gasteiger partial charge >= 0.3 is 0 Å². The van der Waals surface area contributed by atoms with E-state index in [1.807, 2.05) is 0 Å². The number of hydrogen-bond acceptors (Lipinski definition) is 5. The number of thiophene rings is 1. The maximum Gasteiger partial charge on any atom is 0.266 e. The molecule has 0 aliphatic heterocycles. The summed E-state index contributed by atoms with van der Waals surface area (Å²) < 4.78 is 49.1. The van der Waals surface area contributed by atoms with Gasteiger partial charge in [0.05, 0.1) is 28.4 Å². The number of methoxy groups -OCH3 is 1. The Morgan fingerprint density at radius 1 is 1.11 bits per heavy atom. The Labute approximate surface area is 227 Å². The first-order valence-corrected chi connectivity index (χ1v) is 13.4. The highest BCUT2D eigenvalue weighted by Gasteiger charge is 2.32. The maximum atomic E-state index is 14.6. The molecule has 38 heavy (non-hydrogen) atoms. The van der Waals surface area contributed by atoms with Crippen LogP contribution >= 0.6 is 22.9 Å². The van der Waals surface area contributed by atoms with Crippen LogP contribution in [0.25, 0.3) is 21.2 Å². The van der Waals surface area contributed by atoms with Crippen molar-refractivity contribution in [2.45, 2.75) is 44.3 Å². The molecule has 5 rings (SSSR count). The van der Waals surface area contributed by atoms with Crippen molar-refractivity contribution in [3.05, 3.63) is 81.7 Å². The number of rotatable bonds is 6. The van der Waals surface area contributed by atoms with Crippen LogP contribution in [0.1, 0.15) is 40.9 Å². The molecule has 5 nitrogen and oxygen atoms in total. The third-order valence-electron chi connectivity index (χ3n) is 7.02. The fourth-order valence-electron chi connectivity index (χ4n) is 5.01. The van der Waals surface area contributed by atoms with E-state index in [9.17, 15) is 18.0 Å². The second-order valence-electron chi connectivity index (χ2n) is 9.36. The van der Waals surface area contributed by atoms with E-state index in [0.29, 0.717) is 35.3 Å². The number of benzene rings is 2. The lowest BCUT2D eigenvalue weighted by atomic mass is 9.90. The number of ether oxygens (including phenoxy) is 1. The van der Waals surface area contributed by atoms with Gasteiger partial charge in [0.2, 0.25) is 0 Å². The molecule has 1 amide bonds. The molecule has 0 unspecified atom stereocenters. The number of nitrogens with two attached hydrogens (primary N) is 1. The highest BCUT2D eigenvalue weighted by molar-refractivity contribution is 7.21. The molecule has 0 saturated heterocycles. The molecule has 198 valence electrons. The lowest BCUT2D eigenvalue weighted by Crippen LogP contribution is -2.43. The number of carbonyl (C=O) groups is 1. The topological polar surface area (TPSA) is 68.5 Å². The molecule has 2 aromatic heterocycles. The summed E-state index contributed by atoms with van der Waals surface area (Å²) in [5.74, 6) is -1.72. The molecule has 1 fully saturated rings. The fraction of sp³-hybridized carbons (Fsp3) is 0.286. The number of carbonyl (C=O) groups excluding carboxylic acids is 1. The molecule has 2 aromatic carbocycles. The van der Waals surface area contributed by atoms with E-state index >= 15 is 0 Å². The van der Waals surface area contributed by atoms with Crippen LogP contribution in [0.15, 0.2) is 48.8 Å². The van der Waals surface area contributed by atoms with Crippen LogP contribution in [0.4, 0.5) is 13.2 Å². The monoisotopic (exact) mass is 559 g/mol. The lowest BCUT2D eigenvalue weighted by molar-refractivity contribution is 0.0610. The van der Waals surface area contributed by atoms with Gasteiger partial charge in [-0.2, -0.15) is 0 Å². The van der Waals surface area contributed by atoms with E-state index < -0.39 is 23.4 Å². The maximum absolute atomic E-state index is 14.6. The molecule has 1 saturated carbocycles. The number of fused-ring (bicyclic) bond motifs is 1. The number of amides is 1. The smallest absolute Gasteiger partial charge is 0.266 e. The number of nitrogens with zero attached hydrogens (tertiary/aromatic N) is 2. The first-order chi connectivity index (χ1) is 18.3. The Morgan fingerprint density at radius 2 is 1.84 bits per heavy atom. The van der Waals surface area contributed by atoms with Crippen molar-refractivity contribution in [2.75, 3.05) is 7.11 Å². The summed E-state index contributed by atoms with van der Waals surface area (Å²) in [5.41, 5.74) is 7.74. The number of hydrogen-bond donors (Lipinski definition) is 1. The van der Waals surface area contributed by atoms with Gasteiger partial charge in [-0.25, -0.2) is 13.2 Å². The number of pyridine rings is 1. The largest absolute Gasteiger partial charge is 0.496 e. The van der Waals surface area contributed by atoms with Crippen LogP contribution in [0.5, 0.6) is 5.75 Å². The van der Waals surface area contributed by atoms with E-state index in [1.165, 1.54) is 13.3 Å². The van der Waals surface area contributed by atoms with Gasteiger partial charge in [0.15, 0.2) is 0 Å². The Morgan fingerprint density at radius 3 is 2.53 bits per heavy atom. The number of halogens is 4. The second-order valence-corrected chi connectivity index (χ2v) is 10.8. The summed E-state index contributed by atoms with van der Waals surface area (Å²) >= 11 is 7.32. The average molecular weight is 560 g/mol. The minimum Gasteiger partial charge on any atom is -0.496 e. The quantitative estimate of drug-likeness (QED) is 0.277. The number of aromatic nitrogens is 1. The molecule has 2 N–H and O–H groups in total. The van der Waals surface area contributed by atoms with Gasteiger partial charge in [0.25, 0.3) is 5.91 Å². The normalized spacial score (nSPS) is 17.5. The first-order valence-electron chi connectivity index (χ1n) is 12.2. The van der Waals surface area contributed by atoms with Gasteiger partial charge in [-0.15, -0.1) is 11.3 Å². The predicted octanol–water partition coefficient (Wildman–Crippen LogP) is 6.95. The average Bonchev–Trinajstić information content (AvgIpc) is 3.28. The SMILES string of the molecule is COc1ccc(-c2ccncc2F)cc1CN(C(=O)c1sc2c(F)ccc(F)c2c1Cl)[C@H]1CC[C@@H](N)CC1. The van der Waals surface area contributed by atoms with Gasteiger partial charge in [-0.1, -0.05) is 17.7 Å². The Kier molecular flexibility index (Phi) is 7.61. The third kappa shape index (κ3) is 4.98. The molecule has 1 aliphatic rings. The zero-order valence-electron chi connectivity index (χ0n) is 20.5. The van der Waals surface area contributed by atoms with E-state index in [2.05, 4.69) is 4.98 Å². The van der Waals surface area contributed by atoms with E-state index in [4.69, 9.17) is 22.1 Å². The summed E-state index contributed by atoms with van der Waals surface area (Å²) in [6.45, 7) is 0.123. The molecular weight excluding hydrogens is 535 g/mol. The van der Waals surface area contributed by atoms with Crippen LogP contribution in [-0.4, -0.2) is 35.0 Å². The highest BCUT2D eigenvalue weighted by Crippen LogP contribution is 2.40. The summed E-state index contributed by atoms with van der Waals surface area (Å²) in [6, 6.07) is 8.70. The molecule has 0 radical (unpaired) electrons. The zero-order chi connectivity index (χ0) is 27.0. The molecule has 0 bridgehead atoms. The highest BCUT2D eigenvalue weighted by atomic mass is 35.5. The molecule has 1 aliphatic carbocycles. The Hall–Kier alpha value is -3.14. The van der Waals surface area contributed by atoms with Crippen molar-refractivity contribution >= 4 is 38.9 Å². The molecule has 4 aromatic rings. The van der Waals surface area contributed by atoms with Crippen molar-refractivity contribution in [3.8, 4) is 16.9 Å². The van der Waals surface area contributed by atoms with Crippen LogP contribution in [0, 0.1) is 17.5 Å². The minimum atomic E-state index is -0.689. The lowest BCUT2D eigenvalue weighted by Gasteiger charge is -2.36. The standard InChI is InChI=1S/C28H25ClF3N3O2S/c1-37-23-9-2-15(19-10-11-34-13-22(19)32)12-16(23)14-35(18-5-3-17(33)4-6-18)28(36)27-25(29)24-20(30)7-8-21(31)26(24)38-27/h2,7-13,17-18H,3-6,14,33H2,1H3/t17-,18+. The van der Waals surface area contributed by atoms with Gasteiger partial charge in [0.1, 0.15) is 28.1 Å². The van der Waals surface area contributed by atoms with Crippen LogP contribution in [-0.2, 0) is 6.54 Å². The van der Waals surface area contributed by atoms with Crippen molar-refractivity contribution in [3.63, 3.8) is 0 Å². The van der Waals surface area contributed by atoms with E-state index in [1.54, 1.807) is 29.2 Å². The summed E-state index contributed by atoms with van der Waals surface area (Å²) in [7, 11) is 1.52. The molecule has 0 atom stereocenters. The van der Waals surface area contributed by atoms with Gasteiger partial charge in [-0.05, 0) is 61.6 Å². The molecule has 0 spiro atoms. The van der Waals surface area contributed by atoms with Crippen LogP contribution in [0.3, 0.4) is 0 Å². The van der Waals surface area contributed by atoms with Crippen LogP contribution < -0.4 is 10.5 Å². The zero-order valence-corrected chi connectivity index (χ0v) is 22.1. The van der Waals surface area contributed by atoms with Crippen LogP contribution in [0.2, 0.25) is 5.02 Å². The van der Waals surface area contributed by atoms with Gasteiger partial charge < -0.3 is 15.4 Å². The van der Waals surface area contributed by atoms with E-state index in [0.717, 1.165) is 42.5 Å². The van der Waals surface area contributed by atoms with Crippen molar-refractivity contribution in [1.82, 2.24) is 9.88 Å².